The average Bonchev–Trinajstić information content (AvgIpc) is 3.32. The number of fused-ring (bicyclic) bond motifs is 1. The predicted molar refractivity (Wildman–Crippen MR) is 119 cm³/mol. The molecule has 0 fully saturated rings. The van der Waals surface area contributed by atoms with E-state index in [2.05, 4.69) is 25.4 Å². The van der Waals surface area contributed by atoms with E-state index in [1.165, 1.54) is 35.1 Å². The van der Waals surface area contributed by atoms with E-state index in [0.717, 1.165) is 4.90 Å². The molecule has 0 radical (unpaired) electrons. The van der Waals surface area contributed by atoms with Gasteiger partial charge in [0.15, 0.2) is 5.82 Å². The first-order valence-electron chi connectivity index (χ1n) is 10.2. The van der Waals surface area contributed by atoms with Gasteiger partial charge in [-0.25, -0.2) is 23.3 Å². The van der Waals surface area contributed by atoms with Crippen LogP contribution in [0.2, 0.25) is 0 Å². The average molecular weight is 467 g/mol. The molecule has 4 aromatic rings. The largest absolute Gasteiger partial charge is 0.465 e. The lowest BCUT2D eigenvalue weighted by atomic mass is 10.3. The number of aromatic nitrogens is 5. The van der Waals surface area contributed by atoms with Gasteiger partial charge in [-0.2, -0.15) is 0 Å². The fourth-order valence-electron chi connectivity index (χ4n) is 3.21. The van der Waals surface area contributed by atoms with E-state index in [0.29, 0.717) is 29.1 Å². The first kappa shape index (κ1) is 22.7. The number of esters is 1. The molecule has 0 saturated heterocycles. The van der Waals surface area contributed by atoms with Gasteiger partial charge in [0.05, 0.1) is 24.2 Å². The van der Waals surface area contributed by atoms with Crippen LogP contribution < -0.4 is 10.2 Å². The molecule has 0 aliphatic heterocycles. The van der Waals surface area contributed by atoms with Crippen LogP contribution in [0.1, 0.15) is 19.0 Å². The van der Waals surface area contributed by atoms with Crippen LogP contribution in [0.25, 0.3) is 17.0 Å². The minimum atomic E-state index is -2.74. The Bertz CT molecular complexity index is 1330. The highest BCUT2D eigenvalue weighted by Gasteiger charge is 2.18. The zero-order chi connectivity index (χ0) is 24.1. The maximum Gasteiger partial charge on any atom is 0.326 e. The van der Waals surface area contributed by atoms with Crippen molar-refractivity contribution < 1.29 is 23.1 Å². The molecule has 10 nitrogen and oxygen atoms in total. The fraction of sp³-hybridized carbons (Fsp3) is 0.182. The van der Waals surface area contributed by atoms with E-state index in [-0.39, 0.29) is 30.4 Å². The Kier molecular flexibility index (Phi) is 6.67. The number of hydrogen-bond donors (Lipinski definition) is 1. The van der Waals surface area contributed by atoms with Gasteiger partial charge in [0.2, 0.25) is 12.2 Å². The van der Waals surface area contributed by atoms with Crippen LogP contribution in [0, 0.1) is 0 Å². The van der Waals surface area contributed by atoms with E-state index < -0.39 is 12.4 Å². The molecule has 0 aliphatic rings. The Hall–Kier alpha value is -4.48. The molecule has 0 aliphatic carbocycles. The van der Waals surface area contributed by atoms with Crippen molar-refractivity contribution in [3.05, 3.63) is 60.7 Å². The highest BCUT2D eigenvalue weighted by Crippen LogP contribution is 2.29. The van der Waals surface area contributed by atoms with Crippen molar-refractivity contribution in [2.75, 3.05) is 23.4 Å². The van der Waals surface area contributed by atoms with Crippen molar-refractivity contribution >= 4 is 35.1 Å². The maximum atomic E-state index is 13.1. The van der Waals surface area contributed by atoms with Crippen LogP contribution >= 0.6 is 0 Å². The number of carbonyl (C=O) groups is 2. The van der Waals surface area contributed by atoms with Gasteiger partial charge in [-0.1, -0.05) is 6.07 Å². The van der Waals surface area contributed by atoms with Crippen molar-refractivity contribution in [2.24, 2.45) is 0 Å². The fourth-order valence-corrected chi connectivity index (χ4v) is 3.21. The van der Waals surface area contributed by atoms with Crippen LogP contribution in [-0.4, -0.2) is 50.1 Å². The summed E-state index contributed by atoms with van der Waals surface area (Å²) < 4.78 is 32.7. The number of anilines is 3. The van der Waals surface area contributed by atoms with Crippen molar-refractivity contribution in [2.45, 2.75) is 13.3 Å². The van der Waals surface area contributed by atoms with Gasteiger partial charge in [0.1, 0.15) is 23.4 Å². The third-order valence-corrected chi connectivity index (χ3v) is 4.71. The number of amides is 1. The summed E-state index contributed by atoms with van der Waals surface area (Å²) in [6, 6.07) is 9.32. The highest BCUT2D eigenvalue weighted by atomic mass is 19.3. The smallest absolute Gasteiger partial charge is 0.326 e. The third-order valence-electron chi connectivity index (χ3n) is 4.71. The summed E-state index contributed by atoms with van der Waals surface area (Å²) in [7, 11) is 0. The standard InChI is InChI=1S/C22H19F2N7O3/c1-2-34-19(33)12-30(13-32)18-11-25-9-8-14(18)27-22-17-7-4-10-31(17)29-21(28-22)16-6-3-5-15(26-16)20(23)24/h3-11,13,20H,2,12H2,1H3,(H,25,27,28,29). The second kappa shape index (κ2) is 9.98. The molecular weight excluding hydrogens is 448 g/mol. The summed E-state index contributed by atoms with van der Waals surface area (Å²) in [6.07, 6.45) is 2.36. The van der Waals surface area contributed by atoms with Gasteiger partial charge < -0.3 is 15.0 Å². The topological polar surface area (TPSA) is 115 Å². The molecule has 174 valence electrons. The second-order valence-corrected chi connectivity index (χ2v) is 6.93. The SMILES string of the molecule is CCOC(=O)CN(C=O)c1cnccc1Nc1nc(-c2cccc(C(F)F)n2)nn2cccc12. The van der Waals surface area contributed by atoms with Crippen LogP contribution in [0.4, 0.5) is 26.0 Å². The quantitative estimate of drug-likeness (QED) is 0.294. The summed E-state index contributed by atoms with van der Waals surface area (Å²) in [5, 5.41) is 7.49. The number of alkyl halides is 2. The van der Waals surface area contributed by atoms with E-state index >= 15 is 0 Å². The number of ether oxygens (including phenoxy) is 1. The van der Waals surface area contributed by atoms with Crippen LogP contribution in [0.15, 0.2) is 55.0 Å². The lowest BCUT2D eigenvalue weighted by Crippen LogP contribution is -2.30. The van der Waals surface area contributed by atoms with Crippen LogP contribution in [-0.2, 0) is 14.3 Å². The van der Waals surface area contributed by atoms with Crippen molar-refractivity contribution in [1.82, 2.24) is 24.6 Å². The minimum Gasteiger partial charge on any atom is -0.465 e. The van der Waals surface area contributed by atoms with Gasteiger partial charge in [0.25, 0.3) is 6.43 Å². The Morgan fingerprint density at radius 1 is 1.24 bits per heavy atom. The van der Waals surface area contributed by atoms with E-state index in [1.54, 1.807) is 31.3 Å². The molecule has 12 heteroatoms. The summed E-state index contributed by atoms with van der Waals surface area (Å²) >= 11 is 0. The third kappa shape index (κ3) is 4.80. The number of carbonyl (C=O) groups excluding carboxylic acids is 2. The molecule has 4 aromatic heterocycles. The summed E-state index contributed by atoms with van der Waals surface area (Å²) in [4.78, 5) is 37.3. The normalized spacial score (nSPS) is 10.9. The molecular formula is C22H19F2N7O3. The molecule has 1 N–H and O–H groups in total. The minimum absolute atomic E-state index is 0.114. The summed E-state index contributed by atoms with van der Waals surface area (Å²) in [5.41, 5.74) is 1.10. The zero-order valence-electron chi connectivity index (χ0n) is 17.9. The Morgan fingerprint density at radius 2 is 2.09 bits per heavy atom. The first-order valence-corrected chi connectivity index (χ1v) is 10.2. The van der Waals surface area contributed by atoms with Gasteiger partial charge in [-0.3, -0.25) is 14.6 Å². The van der Waals surface area contributed by atoms with Gasteiger partial charge in [0, 0.05) is 12.4 Å². The Morgan fingerprint density at radius 3 is 2.85 bits per heavy atom. The number of hydrogen-bond acceptors (Lipinski definition) is 8. The molecule has 0 unspecified atom stereocenters. The van der Waals surface area contributed by atoms with Gasteiger partial charge >= 0.3 is 5.97 Å². The maximum absolute atomic E-state index is 13.1. The molecule has 0 atom stereocenters. The Labute approximate surface area is 192 Å². The number of halogens is 2. The molecule has 4 rings (SSSR count). The second-order valence-electron chi connectivity index (χ2n) is 6.93. The van der Waals surface area contributed by atoms with Crippen LogP contribution in [0.5, 0.6) is 0 Å². The number of pyridine rings is 2. The van der Waals surface area contributed by atoms with Crippen molar-refractivity contribution in [3.8, 4) is 11.5 Å². The van der Waals surface area contributed by atoms with Gasteiger partial charge in [-0.15, -0.1) is 5.10 Å². The summed E-state index contributed by atoms with van der Waals surface area (Å²) in [6.45, 7) is 1.54. The first-order chi connectivity index (χ1) is 16.5. The lowest BCUT2D eigenvalue weighted by molar-refractivity contribution is -0.141. The molecule has 1 amide bonds. The monoisotopic (exact) mass is 467 g/mol. The van der Waals surface area contributed by atoms with Gasteiger partial charge in [-0.05, 0) is 37.3 Å². The Balaban J connectivity index is 1.74. The molecule has 0 bridgehead atoms. The van der Waals surface area contributed by atoms with Crippen molar-refractivity contribution in [3.63, 3.8) is 0 Å². The van der Waals surface area contributed by atoms with E-state index in [1.807, 2.05) is 0 Å². The molecule has 0 spiro atoms. The molecule has 34 heavy (non-hydrogen) atoms. The predicted octanol–water partition coefficient (Wildman–Crippen LogP) is 3.39. The number of nitrogens with one attached hydrogen (secondary N) is 1. The molecule has 0 aromatic carbocycles. The lowest BCUT2D eigenvalue weighted by Gasteiger charge is -2.20. The van der Waals surface area contributed by atoms with Crippen LogP contribution in [0.3, 0.4) is 0 Å². The summed E-state index contributed by atoms with van der Waals surface area (Å²) in [5.74, 6) is -0.135. The zero-order valence-corrected chi connectivity index (χ0v) is 17.9. The highest BCUT2D eigenvalue weighted by molar-refractivity contribution is 5.91. The molecule has 0 saturated carbocycles. The number of rotatable bonds is 9. The van der Waals surface area contributed by atoms with Crippen molar-refractivity contribution in [1.29, 1.82) is 0 Å². The van der Waals surface area contributed by atoms with E-state index in [4.69, 9.17) is 4.74 Å². The molecule has 4 heterocycles. The number of nitrogens with zero attached hydrogens (tertiary/aromatic N) is 6. The van der Waals surface area contributed by atoms with E-state index in [9.17, 15) is 18.4 Å².